The lowest BCUT2D eigenvalue weighted by molar-refractivity contribution is -0.116. The van der Waals surface area contributed by atoms with Crippen LogP contribution in [-0.4, -0.2) is 32.0 Å². The summed E-state index contributed by atoms with van der Waals surface area (Å²) in [6.45, 7) is 2.49. The summed E-state index contributed by atoms with van der Waals surface area (Å²) in [6.07, 6.45) is 4.17. The number of benzene rings is 2. The molecule has 5 rings (SSSR count). The van der Waals surface area contributed by atoms with Gasteiger partial charge in [0.15, 0.2) is 5.11 Å². The van der Waals surface area contributed by atoms with Crippen LogP contribution in [0.2, 0.25) is 0 Å². The number of pyridine rings is 1. The van der Waals surface area contributed by atoms with E-state index < -0.39 is 0 Å². The third kappa shape index (κ3) is 4.95. The number of rotatable bonds is 7. The van der Waals surface area contributed by atoms with E-state index in [1.807, 2.05) is 73.7 Å². The third-order valence-corrected chi connectivity index (χ3v) is 6.55. The fourth-order valence-corrected chi connectivity index (χ4v) is 4.93. The average molecular weight is 482 g/mol. The lowest BCUT2D eigenvalue weighted by Gasteiger charge is -2.28. The molecule has 2 N–H and O–H groups in total. The predicted octanol–water partition coefficient (Wildman–Crippen LogP) is 5.18. The van der Waals surface area contributed by atoms with E-state index in [2.05, 4.69) is 49.5 Å². The molecule has 1 fully saturated rings. The van der Waals surface area contributed by atoms with Crippen molar-refractivity contribution in [1.29, 1.82) is 0 Å². The Morgan fingerprint density at radius 3 is 2.63 bits per heavy atom. The molecule has 7 heteroatoms. The van der Waals surface area contributed by atoms with Crippen molar-refractivity contribution in [2.24, 2.45) is 0 Å². The third-order valence-electron chi connectivity index (χ3n) is 6.20. The van der Waals surface area contributed by atoms with E-state index in [9.17, 15) is 4.79 Å². The van der Waals surface area contributed by atoms with Crippen LogP contribution >= 0.6 is 12.2 Å². The molecular weight excluding hydrogens is 454 g/mol. The second-order valence-corrected chi connectivity index (χ2v) is 9.01. The van der Waals surface area contributed by atoms with Crippen LogP contribution in [0.1, 0.15) is 35.5 Å². The minimum atomic E-state index is -0.138. The minimum absolute atomic E-state index is 0.0446. The summed E-state index contributed by atoms with van der Waals surface area (Å²) >= 11 is 5.77. The number of hydrogen-bond donors (Lipinski definition) is 2. The van der Waals surface area contributed by atoms with Gasteiger partial charge in [0.25, 0.3) is 0 Å². The van der Waals surface area contributed by atoms with Crippen molar-refractivity contribution in [3.63, 3.8) is 0 Å². The molecular formula is C28H27N5OS. The van der Waals surface area contributed by atoms with Crippen molar-refractivity contribution >= 4 is 28.9 Å². The Bertz CT molecular complexity index is 1320. The average Bonchev–Trinajstić information content (AvgIpc) is 3.48. The van der Waals surface area contributed by atoms with Gasteiger partial charge in [0, 0.05) is 42.4 Å². The molecule has 1 aliphatic rings. The first-order chi connectivity index (χ1) is 17.1. The van der Waals surface area contributed by atoms with Crippen molar-refractivity contribution < 1.29 is 4.79 Å². The van der Waals surface area contributed by atoms with E-state index in [-0.39, 0.29) is 18.0 Å². The van der Waals surface area contributed by atoms with E-state index in [0.717, 1.165) is 28.3 Å². The van der Waals surface area contributed by atoms with Crippen LogP contribution in [0.25, 0.3) is 5.69 Å². The number of aromatic nitrogens is 2. The normalized spacial score (nSPS) is 17.3. The molecule has 0 bridgehead atoms. The number of nitrogens with one attached hydrogen (secondary N) is 2. The first-order valence-corrected chi connectivity index (χ1v) is 12.1. The number of hydrogen-bond acceptors (Lipinski definition) is 3. The minimum Gasteiger partial charge on any atom is -0.352 e. The monoisotopic (exact) mass is 481 g/mol. The van der Waals surface area contributed by atoms with Crippen molar-refractivity contribution in [1.82, 2.24) is 19.8 Å². The van der Waals surface area contributed by atoms with E-state index in [1.54, 1.807) is 6.20 Å². The van der Waals surface area contributed by atoms with Crippen LogP contribution < -0.4 is 10.6 Å². The van der Waals surface area contributed by atoms with Gasteiger partial charge in [-0.05, 0) is 73.2 Å². The Balaban J connectivity index is 1.43. The first kappa shape index (κ1) is 22.8. The molecule has 4 aromatic rings. The number of thiocarbonyl (C=S) groups is 1. The molecule has 0 radical (unpaired) electrons. The highest BCUT2D eigenvalue weighted by atomic mass is 32.1. The van der Waals surface area contributed by atoms with Crippen molar-refractivity contribution in [2.75, 3.05) is 11.9 Å². The molecule has 6 nitrogen and oxygen atoms in total. The summed E-state index contributed by atoms with van der Waals surface area (Å²) in [5, 5.41) is 7.09. The van der Waals surface area contributed by atoms with Crippen LogP contribution in [0.5, 0.6) is 0 Å². The zero-order valence-electron chi connectivity index (χ0n) is 19.5. The summed E-state index contributed by atoms with van der Waals surface area (Å²) in [5.74, 6) is -0.0446. The maximum absolute atomic E-state index is 12.8. The van der Waals surface area contributed by atoms with Gasteiger partial charge in [-0.15, -0.1) is 0 Å². The number of carbonyl (C=O) groups is 1. The molecule has 2 atom stereocenters. The molecule has 3 heterocycles. The Hall–Kier alpha value is -3.97. The number of anilines is 1. The topological polar surface area (TPSA) is 62.2 Å². The first-order valence-electron chi connectivity index (χ1n) is 11.7. The number of amides is 1. The SMILES string of the molecule is Cc1cccc(NC(=O)CCN2C(=S)N[C@@H](c3ccccn3)[C@@H]2c2cccn2-c2ccccc2)c1. The van der Waals surface area contributed by atoms with Crippen LogP contribution in [0.15, 0.2) is 97.3 Å². The lowest BCUT2D eigenvalue weighted by Crippen LogP contribution is -2.33. The predicted molar refractivity (Wildman–Crippen MR) is 142 cm³/mol. The van der Waals surface area contributed by atoms with Gasteiger partial charge in [0.1, 0.15) is 0 Å². The summed E-state index contributed by atoms with van der Waals surface area (Å²) in [4.78, 5) is 19.5. The molecule has 0 unspecified atom stereocenters. The van der Waals surface area contributed by atoms with E-state index in [1.165, 1.54) is 0 Å². The Morgan fingerprint density at radius 2 is 1.86 bits per heavy atom. The fraction of sp³-hybridized carbons (Fsp3) is 0.179. The second-order valence-electron chi connectivity index (χ2n) is 8.63. The maximum atomic E-state index is 12.8. The molecule has 1 aliphatic heterocycles. The van der Waals surface area contributed by atoms with Crippen LogP contribution in [0.3, 0.4) is 0 Å². The van der Waals surface area contributed by atoms with E-state index >= 15 is 0 Å². The molecule has 2 aromatic carbocycles. The molecule has 1 saturated heterocycles. The van der Waals surface area contributed by atoms with E-state index in [0.29, 0.717) is 18.1 Å². The lowest BCUT2D eigenvalue weighted by atomic mass is 10.0. The Morgan fingerprint density at radius 1 is 1.03 bits per heavy atom. The molecule has 0 saturated carbocycles. The molecule has 2 aromatic heterocycles. The highest BCUT2D eigenvalue weighted by Crippen LogP contribution is 2.39. The van der Waals surface area contributed by atoms with Crippen LogP contribution in [-0.2, 0) is 4.79 Å². The van der Waals surface area contributed by atoms with Gasteiger partial charge in [0.05, 0.1) is 17.8 Å². The molecule has 35 heavy (non-hydrogen) atoms. The Labute approximate surface area is 210 Å². The second kappa shape index (κ2) is 10.1. The largest absolute Gasteiger partial charge is 0.352 e. The summed E-state index contributed by atoms with van der Waals surface area (Å²) in [6, 6.07) is 27.8. The number of carbonyl (C=O) groups excluding carboxylic acids is 1. The highest BCUT2D eigenvalue weighted by Gasteiger charge is 2.41. The molecule has 1 amide bonds. The Kier molecular flexibility index (Phi) is 6.59. The van der Waals surface area contributed by atoms with Gasteiger partial charge in [-0.3, -0.25) is 9.78 Å². The van der Waals surface area contributed by atoms with Gasteiger partial charge in [-0.1, -0.05) is 36.4 Å². The summed E-state index contributed by atoms with van der Waals surface area (Å²) in [5.41, 5.74) is 4.97. The highest BCUT2D eigenvalue weighted by molar-refractivity contribution is 7.80. The smallest absolute Gasteiger partial charge is 0.226 e. The standard InChI is InChI=1S/C28H27N5OS/c1-20-9-7-10-21(19-20)30-25(34)15-18-33-27(26(31-28(33)35)23-13-5-6-16-29-23)24-14-8-17-32(24)22-11-3-2-4-12-22/h2-14,16-17,19,26-27H,15,18H2,1H3,(H,30,34)(H,31,35)/t26-,27-/m0/s1. The molecule has 0 spiro atoms. The van der Waals surface area contributed by atoms with Gasteiger partial charge in [-0.25, -0.2) is 0 Å². The van der Waals surface area contributed by atoms with Crippen LogP contribution in [0, 0.1) is 6.92 Å². The van der Waals surface area contributed by atoms with Gasteiger partial charge in [0.2, 0.25) is 5.91 Å². The van der Waals surface area contributed by atoms with Crippen LogP contribution in [0.4, 0.5) is 5.69 Å². The zero-order valence-corrected chi connectivity index (χ0v) is 20.3. The summed E-state index contributed by atoms with van der Waals surface area (Å²) < 4.78 is 2.18. The van der Waals surface area contributed by atoms with Crippen molar-refractivity contribution in [3.8, 4) is 5.69 Å². The quantitative estimate of drug-likeness (QED) is 0.356. The summed E-state index contributed by atoms with van der Waals surface area (Å²) in [7, 11) is 0. The zero-order chi connectivity index (χ0) is 24.2. The van der Waals surface area contributed by atoms with Crippen molar-refractivity contribution in [2.45, 2.75) is 25.4 Å². The van der Waals surface area contributed by atoms with E-state index in [4.69, 9.17) is 12.2 Å². The molecule has 176 valence electrons. The molecule has 0 aliphatic carbocycles. The number of nitrogens with zero attached hydrogens (tertiary/aromatic N) is 3. The maximum Gasteiger partial charge on any atom is 0.226 e. The number of aryl methyl sites for hydroxylation is 1. The number of para-hydroxylation sites is 1. The van der Waals surface area contributed by atoms with Gasteiger partial charge in [-0.2, -0.15) is 0 Å². The van der Waals surface area contributed by atoms with Crippen molar-refractivity contribution in [3.05, 3.63) is 114 Å². The fourth-order valence-electron chi connectivity index (χ4n) is 4.60. The van der Waals surface area contributed by atoms with Gasteiger partial charge >= 0.3 is 0 Å². The van der Waals surface area contributed by atoms with Gasteiger partial charge < -0.3 is 20.1 Å².